The van der Waals surface area contributed by atoms with E-state index >= 15 is 0 Å². The first-order valence-corrected chi connectivity index (χ1v) is 6.61. The average Bonchev–Trinajstić information content (AvgIpc) is 2.79. The van der Waals surface area contributed by atoms with Gasteiger partial charge < -0.3 is 14.7 Å². The largest absolute Gasteiger partial charge is 0.508 e. The second kappa shape index (κ2) is 4.78. The van der Waals surface area contributed by atoms with Gasteiger partial charge in [-0.05, 0) is 19.2 Å². The van der Waals surface area contributed by atoms with Gasteiger partial charge in [-0.25, -0.2) is 0 Å². The van der Waals surface area contributed by atoms with Crippen LogP contribution in [0.15, 0.2) is 12.1 Å². The van der Waals surface area contributed by atoms with Crippen molar-refractivity contribution < 1.29 is 9.84 Å². The molecule has 0 unspecified atom stereocenters. The highest BCUT2D eigenvalue weighted by Gasteiger charge is 2.19. The molecule has 3 rings (SSSR count). The van der Waals surface area contributed by atoms with Gasteiger partial charge in [-0.1, -0.05) is 0 Å². The lowest BCUT2D eigenvalue weighted by atomic mass is 10.1. The normalized spacial score (nSPS) is 20.7. The molecule has 0 aliphatic carbocycles. The van der Waals surface area contributed by atoms with Crippen molar-refractivity contribution in [2.24, 2.45) is 0 Å². The summed E-state index contributed by atoms with van der Waals surface area (Å²) in [5, 5.41) is 10.1. The Balaban J connectivity index is 1.73. The van der Waals surface area contributed by atoms with Crippen LogP contribution in [-0.4, -0.2) is 54.7 Å². The smallest absolute Gasteiger partial charge is 0.123 e. The van der Waals surface area contributed by atoms with E-state index in [0.717, 1.165) is 62.6 Å². The van der Waals surface area contributed by atoms with Gasteiger partial charge in [0, 0.05) is 50.3 Å². The van der Waals surface area contributed by atoms with E-state index in [2.05, 4.69) is 16.8 Å². The quantitative estimate of drug-likeness (QED) is 0.849. The van der Waals surface area contributed by atoms with Gasteiger partial charge in [0.15, 0.2) is 0 Å². The number of aromatic hydroxyl groups is 1. The summed E-state index contributed by atoms with van der Waals surface area (Å²) in [5.74, 6) is 1.37. The molecule has 0 aromatic heterocycles. The van der Waals surface area contributed by atoms with Crippen molar-refractivity contribution in [3.8, 4) is 11.5 Å². The summed E-state index contributed by atoms with van der Waals surface area (Å²) in [6, 6.07) is 3.88. The Morgan fingerprint density at radius 1 is 1.22 bits per heavy atom. The van der Waals surface area contributed by atoms with Crippen molar-refractivity contribution in [2.75, 3.05) is 39.8 Å². The molecule has 0 amide bonds. The van der Waals surface area contributed by atoms with Gasteiger partial charge in [0.1, 0.15) is 11.5 Å². The van der Waals surface area contributed by atoms with Crippen LogP contribution in [0.25, 0.3) is 0 Å². The molecule has 0 radical (unpaired) electrons. The Kier molecular flexibility index (Phi) is 3.14. The summed E-state index contributed by atoms with van der Waals surface area (Å²) in [5.41, 5.74) is 2.12. The second-order valence-electron chi connectivity index (χ2n) is 5.27. The number of piperazine rings is 1. The Morgan fingerprint density at radius 2 is 2.00 bits per heavy atom. The number of hydrogen-bond donors (Lipinski definition) is 1. The lowest BCUT2D eigenvalue weighted by molar-refractivity contribution is 0.147. The number of likely N-dealkylation sites (N-methyl/N-ethyl adjacent to an activating group) is 1. The minimum Gasteiger partial charge on any atom is -0.508 e. The minimum absolute atomic E-state index is 0.415. The number of benzene rings is 1. The zero-order chi connectivity index (χ0) is 12.5. The zero-order valence-electron chi connectivity index (χ0n) is 10.9. The van der Waals surface area contributed by atoms with E-state index in [9.17, 15) is 5.11 Å². The molecule has 0 atom stereocenters. The fourth-order valence-corrected chi connectivity index (χ4v) is 2.63. The van der Waals surface area contributed by atoms with Crippen molar-refractivity contribution in [2.45, 2.75) is 13.0 Å². The van der Waals surface area contributed by atoms with Crippen molar-refractivity contribution in [1.82, 2.24) is 9.80 Å². The van der Waals surface area contributed by atoms with E-state index < -0.39 is 0 Å². The first kappa shape index (κ1) is 11.8. The number of phenolic OH excluding ortho intramolecular Hbond substituents is 1. The van der Waals surface area contributed by atoms with Crippen LogP contribution in [0, 0.1) is 0 Å². The molecule has 0 spiro atoms. The standard InChI is InChI=1S/C14H20N2O2/c1-15-3-5-16(6-4-15)10-12-9-14-11(2-7-18-14)8-13(12)17/h8-9,17H,2-7,10H2,1H3. The maximum atomic E-state index is 10.1. The maximum absolute atomic E-state index is 10.1. The Labute approximate surface area is 108 Å². The molecule has 1 saturated heterocycles. The molecule has 1 fully saturated rings. The summed E-state index contributed by atoms with van der Waals surface area (Å²) < 4.78 is 5.56. The van der Waals surface area contributed by atoms with Crippen molar-refractivity contribution in [1.29, 1.82) is 0 Å². The van der Waals surface area contributed by atoms with Gasteiger partial charge in [-0.2, -0.15) is 0 Å². The number of nitrogens with zero attached hydrogens (tertiary/aromatic N) is 2. The van der Waals surface area contributed by atoms with E-state index in [1.165, 1.54) is 0 Å². The maximum Gasteiger partial charge on any atom is 0.123 e. The van der Waals surface area contributed by atoms with E-state index in [0.29, 0.717) is 5.75 Å². The van der Waals surface area contributed by atoms with Gasteiger partial charge in [0.25, 0.3) is 0 Å². The number of ether oxygens (including phenoxy) is 1. The summed E-state index contributed by atoms with van der Waals surface area (Å²) in [6.45, 7) is 5.88. The Bertz CT molecular complexity index is 440. The van der Waals surface area contributed by atoms with Crippen LogP contribution in [-0.2, 0) is 13.0 Å². The van der Waals surface area contributed by atoms with Crippen LogP contribution >= 0.6 is 0 Å². The van der Waals surface area contributed by atoms with Crippen molar-refractivity contribution in [3.63, 3.8) is 0 Å². The molecule has 1 N–H and O–H groups in total. The van der Waals surface area contributed by atoms with E-state index in [1.54, 1.807) is 0 Å². The third-order valence-corrected chi connectivity index (χ3v) is 3.88. The lowest BCUT2D eigenvalue weighted by Crippen LogP contribution is -2.43. The van der Waals surface area contributed by atoms with Gasteiger partial charge in [-0.3, -0.25) is 4.90 Å². The molecular formula is C14H20N2O2. The first-order valence-electron chi connectivity index (χ1n) is 6.61. The highest BCUT2D eigenvalue weighted by atomic mass is 16.5. The minimum atomic E-state index is 0.415. The SMILES string of the molecule is CN1CCN(Cc2cc3c(cc2O)CCO3)CC1. The van der Waals surface area contributed by atoms with Crippen LogP contribution in [0.1, 0.15) is 11.1 Å². The summed E-state index contributed by atoms with van der Waals surface area (Å²) >= 11 is 0. The van der Waals surface area contributed by atoms with Gasteiger partial charge in [0.2, 0.25) is 0 Å². The van der Waals surface area contributed by atoms with E-state index in [1.807, 2.05) is 12.1 Å². The van der Waals surface area contributed by atoms with Gasteiger partial charge >= 0.3 is 0 Å². The molecule has 1 aromatic carbocycles. The predicted octanol–water partition coefficient (Wildman–Crippen LogP) is 1.07. The van der Waals surface area contributed by atoms with Gasteiger partial charge in [0.05, 0.1) is 6.61 Å². The highest BCUT2D eigenvalue weighted by molar-refractivity contribution is 5.47. The first-order chi connectivity index (χ1) is 8.72. The average molecular weight is 248 g/mol. The molecule has 1 aromatic rings. The predicted molar refractivity (Wildman–Crippen MR) is 70.1 cm³/mol. The number of hydrogen-bond acceptors (Lipinski definition) is 4. The van der Waals surface area contributed by atoms with Crippen LogP contribution < -0.4 is 4.74 Å². The van der Waals surface area contributed by atoms with E-state index in [4.69, 9.17) is 4.74 Å². The molecule has 2 aliphatic rings. The number of fused-ring (bicyclic) bond motifs is 1. The fraction of sp³-hybridized carbons (Fsp3) is 0.571. The molecule has 4 nitrogen and oxygen atoms in total. The molecule has 0 bridgehead atoms. The lowest BCUT2D eigenvalue weighted by Gasteiger charge is -2.32. The van der Waals surface area contributed by atoms with Crippen molar-refractivity contribution in [3.05, 3.63) is 23.3 Å². The Morgan fingerprint density at radius 3 is 2.78 bits per heavy atom. The molecule has 4 heteroatoms. The summed E-state index contributed by atoms with van der Waals surface area (Å²) in [4.78, 5) is 4.72. The third kappa shape index (κ3) is 2.31. The van der Waals surface area contributed by atoms with Crippen LogP contribution in [0.2, 0.25) is 0 Å². The topological polar surface area (TPSA) is 35.9 Å². The van der Waals surface area contributed by atoms with Crippen LogP contribution in [0.4, 0.5) is 0 Å². The van der Waals surface area contributed by atoms with Crippen LogP contribution in [0.5, 0.6) is 11.5 Å². The highest BCUT2D eigenvalue weighted by Crippen LogP contribution is 2.32. The molecule has 18 heavy (non-hydrogen) atoms. The van der Waals surface area contributed by atoms with E-state index in [-0.39, 0.29) is 0 Å². The van der Waals surface area contributed by atoms with Crippen LogP contribution in [0.3, 0.4) is 0 Å². The second-order valence-corrected chi connectivity index (χ2v) is 5.27. The van der Waals surface area contributed by atoms with Gasteiger partial charge in [-0.15, -0.1) is 0 Å². The molecule has 98 valence electrons. The molecule has 2 heterocycles. The summed E-state index contributed by atoms with van der Waals surface area (Å²) in [6.07, 6.45) is 0.914. The fourth-order valence-electron chi connectivity index (χ4n) is 2.63. The molecule has 2 aliphatic heterocycles. The monoisotopic (exact) mass is 248 g/mol. The molecular weight excluding hydrogens is 228 g/mol. The third-order valence-electron chi connectivity index (χ3n) is 3.88. The zero-order valence-corrected chi connectivity index (χ0v) is 10.9. The number of rotatable bonds is 2. The molecule has 0 saturated carbocycles. The summed E-state index contributed by atoms with van der Waals surface area (Å²) in [7, 11) is 2.15. The van der Waals surface area contributed by atoms with Crippen molar-refractivity contribution >= 4 is 0 Å². The number of phenols is 1. The Hall–Kier alpha value is -1.26.